The van der Waals surface area contributed by atoms with Gasteiger partial charge in [-0.2, -0.15) is 5.10 Å². The van der Waals surface area contributed by atoms with Crippen molar-refractivity contribution in [2.24, 2.45) is 5.10 Å². The van der Waals surface area contributed by atoms with Gasteiger partial charge >= 0.3 is 0 Å². The molecule has 26 heavy (non-hydrogen) atoms. The number of amides is 1. The quantitative estimate of drug-likeness (QED) is 0.512. The first-order chi connectivity index (χ1) is 12.6. The first-order valence-corrected chi connectivity index (χ1v) is 7.59. The van der Waals surface area contributed by atoms with E-state index < -0.39 is 18.5 Å². The second-order valence-corrected chi connectivity index (χ2v) is 4.96. The number of ether oxygens (including phenoxy) is 3. The van der Waals surface area contributed by atoms with Crippen molar-refractivity contribution in [2.45, 2.75) is 0 Å². The Morgan fingerprint density at radius 3 is 2.42 bits per heavy atom. The van der Waals surface area contributed by atoms with Crippen LogP contribution >= 0.6 is 0 Å². The van der Waals surface area contributed by atoms with Crippen LogP contribution in [0.15, 0.2) is 53.6 Å². The van der Waals surface area contributed by atoms with Crippen LogP contribution in [0.1, 0.15) is 5.56 Å². The van der Waals surface area contributed by atoms with E-state index >= 15 is 0 Å². The van der Waals surface area contributed by atoms with Crippen LogP contribution < -0.4 is 24.7 Å². The highest BCUT2D eigenvalue weighted by Crippen LogP contribution is 2.17. The zero-order valence-electron chi connectivity index (χ0n) is 14.0. The lowest BCUT2D eigenvalue weighted by Crippen LogP contribution is -2.29. The highest BCUT2D eigenvalue weighted by atomic mass is 16.5. The van der Waals surface area contributed by atoms with Gasteiger partial charge in [0.15, 0.2) is 6.61 Å². The SMILES string of the molecule is COc1ccc(OCC(=O)NN=Cc2ccccc2OCC(=O)[O-])cc1. The fourth-order valence-corrected chi connectivity index (χ4v) is 1.88. The monoisotopic (exact) mass is 357 g/mol. The van der Waals surface area contributed by atoms with E-state index in [4.69, 9.17) is 14.2 Å². The van der Waals surface area contributed by atoms with Gasteiger partial charge in [-0.1, -0.05) is 12.1 Å². The summed E-state index contributed by atoms with van der Waals surface area (Å²) in [7, 11) is 1.56. The maximum atomic E-state index is 11.7. The minimum absolute atomic E-state index is 0.216. The summed E-state index contributed by atoms with van der Waals surface area (Å²) >= 11 is 0. The Labute approximate surface area is 150 Å². The smallest absolute Gasteiger partial charge is 0.277 e. The first-order valence-electron chi connectivity index (χ1n) is 7.59. The van der Waals surface area contributed by atoms with E-state index in [-0.39, 0.29) is 6.61 Å². The molecule has 1 amide bonds. The molecule has 0 aliphatic carbocycles. The molecule has 0 aliphatic rings. The lowest BCUT2D eigenvalue weighted by molar-refractivity contribution is -0.307. The van der Waals surface area contributed by atoms with Crippen molar-refractivity contribution in [3.05, 3.63) is 54.1 Å². The predicted molar refractivity (Wildman–Crippen MR) is 91.2 cm³/mol. The zero-order valence-corrected chi connectivity index (χ0v) is 14.0. The summed E-state index contributed by atoms with van der Waals surface area (Å²) in [6, 6.07) is 13.4. The largest absolute Gasteiger partial charge is 0.546 e. The van der Waals surface area contributed by atoms with E-state index in [1.165, 1.54) is 6.21 Å². The molecule has 2 aromatic rings. The molecule has 2 rings (SSSR count). The zero-order chi connectivity index (χ0) is 18.8. The fraction of sp³-hybridized carbons (Fsp3) is 0.167. The van der Waals surface area contributed by atoms with Crippen molar-refractivity contribution < 1.29 is 28.9 Å². The van der Waals surface area contributed by atoms with Crippen molar-refractivity contribution in [3.8, 4) is 17.2 Å². The van der Waals surface area contributed by atoms with Gasteiger partial charge in [-0.05, 0) is 36.4 Å². The molecule has 0 bridgehead atoms. The van der Waals surface area contributed by atoms with Gasteiger partial charge in [-0.15, -0.1) is 0 Å². The maximum absolute atomic E-state index is 11.7. The molecule has 0 saturated carbocycles. The number of carbonyl (C=O) groups excluding carboxylic acids is 2. The summed E-state index contributed by atoms with van der Waals surface area (Å²) in [4.78, 5) is 22.2. The molecule has 0 atom stereocenters. The third-order valence-electron chi connectivity index (χ3n) is 3.09. The lowest BCUT2D eigenvalue weighted by Gasteiger charge is -2.09. The Kier molecular flexibility index (Phi) is 6.99. The summed E-state index contributed by atoms with van der Waals surface area (Å²) < 4.78 is 15.4. The summed E-state index contributed by atoms with van der Waals surface area (Å²) in [6.45, 7) is -0.792. The third-order valence-corrected chi connectivity index (χ3v) is 3.09. The van der Waals surface area contributed by atoms with E-state index in [0.29, 0.717) is 22.8 Å². The third kappa shape index (κ3) is 6.16. The number of methoxy groups -OCH3 is 1. The lowest BCUT2D eigenvalue weighted by atomic mass is 10.2. The molecule has 0 heterocycles. The average molecular weight is 357 g/mol. The van der Waals surface area contributed by atoms with Gasteiger partial charge in [-0.3, -0.25) is 4.79 Å². The van der Waals surface area contributed by atoms with Crippen LogP contribution in [0.25, 0.3) is 0 Å². The van der Waals surface area contributed by atoms with Crippen LogP contribution in [0.5, 0.6) is 17.2 Å². The second kappa shape index (κ2) is 9.67. The summed E-state index contributed by atoms with van der Waals surface area (Å²) in [5, 5.41) is 14.3. The molecular weight excluding hydrogens is 340 g/mol. The number of rotatable bonds is 9. The van der Waals surface area contributed by atoms with Gasteiger partial charge in [0.25, 0.3) is 5.91 Å². The molecule has 2 aromatic carbocycles. The maximum Gasteiger partial charge on any atom is 0.277 e. The molecular formula is C18H17N2O6-. The van der Waals surface area contributed by atoms with E-state index in [0.717, 1.165) is 0 Å². The molecule has 0 spiro atoms. The standard InChI is InChI=1S/C18H18N2O6/c1-24-14-6-8-15(9-7-14)25-11-17(21)20-19-10-13-4-2-3-5-16(13)26-12-18(22)23/h2-10H,11-12H2,1H3,(H,20,21)(H,22,23)/p-1. The first kappa shape index (κ1) is 18.8. The highest BCUT2D eigenvalue weighted by molar-refractivity contribution is 5.85. The second-order valence-electron chi connectivity index (χ2n) is 4.96. The van der Waals surface area contributed by atoms with E-state index in [9.17, 15) is 14.7 Å². The normalized spacial score (nSPS) is 10.3. The van der Waals surface area contributed by atoms with Crippen molar-refractivity contribution >= 4 is 18.1 Å². The summed E-state index contributed by atoms with van der Waals surface area (Å²) in [5.41, 5.74) is 2.82. The number of hydrazone groups is 1. The van der Waals surface area contributed by atoms with Crippen LogP contribution in [0.3, 0.4) is 0 Å². The topological polar surface area (TPSA) is 109 Å². The molecule has 1 N–H and O–H groups in total. The number of carbonyl (C=O) groups is 2. The van der Waals surface area contributed by atoms with Gasteiger partial charge in [0, 0.05) is 5.56 Å². The number of nitrogens with one attached hydrogen (secondary N) is 1. The van der Waals surface area contributed by atoms with Crippen molar-refractivity contribution in [1.82, 2.24) is 5.43 Å². The van der Waals surface area contributed by atoms with Crippen LogP contribution in [0.4, 0.5) is 0 Å². The molecule has 136 valence electrons. The van der Waals surface area contributed by atoms with Crippen molar-refractivity contribution in [3.63, 3.8) is 0 Å². The molecule has 0 radical (unpaired) electrons. The number of hydrogen-bond donors (Lipinski definition) is 1. The number of hydrogen-bond acceptors (Lipinski definition) is 7. The Morgan fingerprint density at radius 1 is 1.04 bits per heavy atom. The Balaban J connectivity index is 1.83. The van der Waals surface area contributed by atoms with Gasteiger partial charge in [0.05, 0.1) is 19.3 Å². The number of para-hydroxylation sites is 1. The van der Waals surface area contributed by atoms with E-state index in [2.05, 4.69) is 10.5 Å². The molecule has 0 saturated heterocycles. The molecule has 8 heteroatoms. The Bertz CT molecular complexity index is 774. The van der Waals surface area contributed by atoms with E-state index in [1.54, 1.807) is 55.6 Å². The van der Waals surface area contributed by atoms with Gasteiger partial charge in [-0.25, -0.2) is 5.43 Å². The van der Waals surface area contributed by atoms with Crippen LogP contribution in [-0.4, -0.2) is 38.4 Å². The number of nitrogens with zero attached hydrogens (tertiary/aromatic N) is 1. The fourth-order valence-electron chi connectivity index (χ4n) is 1.88. The molecule has 0 fully saturated rings. The molecule has 0 aliphatic heterocycles. The predicted octanol–water partition coefficient (Wildman–Crippen LogP) is 0.353. The number of aliphatic carboxylic acids is 1. The Hall–Kier alpha value is -3.55. The Morgan fingerprint density at radius 2 is 1.73 bits per heavy atom. The molecule has 8 nitrogen and oxygen atoms in total. The minimum Gasteiger partial charge on any atom is -0.546 e. The number of carboxylic acids is 1. The number of carboxylic acid groups (broad SMARTS) is 1. The van der Waals surface area contributed by atoms with Gasteiger partial charge in [0.1, 0.15) is 23.9 Å². The van der Waals surface area contributed by atoms with Crippen molar-refractivity contribution in [2.75, 3.05) is 20.3 Å². The summed E-state index contributed by atoms with van der Waals surface area (Å²) in [6.07, 6.45) is 1.34. The highest BCUT2D eigenvalue weighted by Gasteiger charge is 2.03. The molecule has 0 unspecified atom stereocenters. The average Bonchev–Trinajstić information content (AvgIpc) is 2.66. The minimum atomic E-state index is -1.33. The van der Waals surface area contributed by atoms with Gasteiger partial charge < -0.3 is 24.1 Å². The molecule has 0 aromatic heterocycles. The van der Waals surface area contributed by atoms with Crippen molar-refractivity contribution in [1.29, 1.82) is 0 Å². The van der Waals surface area contributed by atoms with E-state index in [1.807, 2.05) is 0 Å². The van der Waals surface area contributed by atoms with Crippen LogP contribution in [0, 0.1) is 0 Å². The van der Waals surface area contributed by atoms with Crippen LogP contribution in [0.2, 0.25) is 0 Å². The van der Waals surface area contributed by atoms with Crippen LogP contribution in [-0.2, 0) is 9.59 Å². The number of benzene rings is 2. The van der Waals surface area contributed by atoms with Gasteiger partial charge in [0.2, 0.25) is 0 Å². The summed E-state index contributed by atoms with van der Waals surface area (Å²) in [5.74, 6) is -0.271.